The molecule has 1 aromatic carbocycles. The summed E-state index contributed by atoms with van der Waals surface area (Å²) in [5.41, 5.74) is 4.64. The molecule has 4 heterocycles. The number of aromatic carboxylic acids is 1. The van der Waals surface area contributed by atoms with E-state index < -0.39 is 11.5 Å². The molecule has 0 bridgehead atoms. The van der Waals surface area contributed by atoms with Gasteiger partial charge in [-0.3, -0.25) is 14.1 Å². The van der Waals surface area contributed by atoms with Crippen molar-refractivity contribution in [1.29, 1.82) is 0 Å². The van der Waals surface area contributed by atoms with E-state index in [1.54, 1.807) is 12.3 Å². The third-order valence-electron chi connectivity index (χ3n) is 5.54. The van der Waals surface area contributed by atoms with Gasteiger partial charge in [0.2, 0.25) is 0 Å². The largest absolute Gasteiger partial charge is 0.477 e. The molecule has 1 aliphatic rings. The monoisotopic (exact) mass is 373 g/mol. The van der Waals surface area contributed by atoms with Crippen molar-refractivity contribution in [3.05, 3.63) is 87.5 Å². The molecule has 2 N–H and O–H groups in total. The van der Waals surface area contributed by atoms with Crippen molar-refractivity contribution in [2.24, 2.45) is 0 Å². The van der Waals surface area contributed by atoms with E-state index in [1.807, 2.05) is 18.2 Å². The summed E-state index contributed by atoms with van der Waals surface area (Å²) in [6.07, 6.45) is 2.56. The van der Waals surface area contributed by atoms with Crippen molar-refractivity contribution < 1.29 is 9.90 Å². The minimum Gasteiger partial charge on any atom is -0.477 e. The fourth-order valence-electron chi connectivity index (χ4n) is 4.23. The van der Waals surface area contributed by atoms with Crippen molar-refractivity contribution in [2.75, 3.05) is 6.54 Å². The number of nitrogens with zero attached hydrogens (tertiary/aromatic N) is 2. The molecule has 0 amide bonds. The number of carboxylic acids is 1. The highest BCUT2D eigenvalue weighted by Gasteiger charge is 2.22. The predicted octanol–water partition coefficient (Wildman–Crippen LogP) is 3.04. The number of hydrogen-bond acceptors (Lipinski definition) is 3. The highest BCUT2D eigenvalue weighted by molar-refractivity contribution is 5.88. The summed E-state index contributed by atoms with van der Waals surface area (Å²) in [6, 6.07) is 15.3. The molecule has 0 saturated heterocycles. The second kappa shape index (κ2) is 6.35. The summed E-state index contributed by atoms with van der Waals surface area (Å²) in [5.74, 6) is -1.19. The van der Waals surface area contributed by atoms with Crippen molar-refractivity contribution in [3.63, 3.8) is 0 Å². The Kier molecular flexibility index (Phi) is 3.80. The second-order valence-electron chi connectivity index (χ2n) is 7.24. The van der Waals surface area contributed by atoms with Crippen LogP contribution in [-0.2, 0) is 19.5 Å². The molecule has 3 aromatic heterocycles. The molecule has 0 atom stereocenters. The lowest BCUT2D eigenvalue weighted by atomic mass is 10.0. The Balaban J connectivity index is 1.53. The van der Waals surface area contributed by atoms with Crippen LogP contribution in [0.1, 0.15) is 27.2 Å². The summed E-state index contributed by atoms with van der Waals surface area (Å²) in [4.78, 5) is 29.8. The van der Waals surface area contributed by atoms with E-state index >= 15 is 0 Å². The zero-order valence-corrected chi connectivity index (χ0v) is 15.2. The number of carbonyl (C=O) groups is 1. The number of H-pyrrole nitrogens is 1. The molecule has 1 aliphatic heterocycles. The van der Waals surface area contributed by atoms with E-state index in [1.165, 1.54) is 27.1 Å². The average molecular weight is 373 g/mol. The number of pyridine rings is 2. The van der Waals surface area contributed by atoms with Gasteiger partial charge in [-0.15, -0.1) is 0 Å². The van der Waals surface area contributed by atoms with Gasteiger partial charge in [-0.1, -0.05) is 24.3 Å². The molecule has 140 valence electrons. The summed E-state index contributed by atoms with van der Waals surface area (Å²) in [5, 5.41) is 10.7. The zero-order valence-electron chi connectivity index (χ0n) is 15.2. The van der Waals surface area contributed by atoms with Gasteiger partial charge in [-0.2, -0.15) is 0 Å². The Bertz CT molecular complexity index is 1290. The van der Waals surface area contributed by atoms with Crippen LogP contribution in [0.2, 0.25) is 0 Å². The molecular weight excluding hydrogens is 354 g/mol. The number of hydrogen-bond donors (Lipinski definition) is 2. The van der Waals surface area contributed by atoms with Gasteiger partial charge in [0.15, 0.2) is 0 Å². The van der Waals surface area contributed by atoms with Crippen LogP contribution in [0.15, 0.2) is 59.5 Å². The first kappa shape index (κ1) is 16.8. The number of benzene rings is 1. The van der Waals surface area contributed by atoms with Crippen LogP contribution in [0, 0.1) is 0 Å². The third kappa shape index (κ3) is 2.61. The molecule has 6 heteroatoms. The van der Waals surface area contributed by atoms with Crippen molar-refractivity contribution in [3.8, 4) is 0 Å². The topological polar surface area (TPSA) is 77.8 Å². The SMILES string of the molecule is O=C(O)c1cc(CN2CCc3c([nH]c4ccccc34)C2)c2ccccn2c1=O. The predicted molar refractivity (Wildman–Crippen MR) is 107 cm³/mol. The van der Waals surface area contributed by atoms with E-state index in [9.17, 15) is 14.7 Å². The Morgan fingerprint density at radius 1 is 1.14 bits per heavy atom. The Hall–Kier alpha value is -3.38. The molecule has 4 aromatic rings. The normalized spacial score (nSPS) is 14.4. The zero-order chi connectivity index (χ0) is 19.3. The fourth-order valence-corrected chi connectivity index (χ4v) is 4.23. The van der Waals surface area contributed by atoms with E-state index in [4.69, 9.17) is 0 Å². The Labute approximate surface area is 160 Å². The summed E-state index contributed by atoms with van der Waals surface area (Å²) in [7, 11) is 0. The van der Waals surface area contributed by atoms with Crippen molar-refractivity contribution in [1.82, 2.24) is 14.3 Å². The molecular formula is C22H19N3O3. The molecule has 5 rings (SSSR count). The van der Waals surface area contributed by atoms with Crippen molar-refractivity contribution >= 4 is 22.4 Å². The smallest absolute Gasteiger partial charge is 0.341 e. The van der Waals surface area contributed by atoms with Gasteiger partial charge in [0, 0.05) is 42.4 Å². The van der Waals surface area contributed by atoms with E-state index in [2.05, 4.69) is 28.1 Å². The van der Waals surface area contributed by atoms with Crippen LogP contribution in [0.25, 0.3) is 16.4 Å². The highest BCUT2D eigenvalue weighted by atomic mass is 16.4. The molecule has 0 unspecified atom stereocenters. The second-order valence-corrected chi connectivity index (χ2v) is 7.24. The summed E-state index contributed by atoms with van der Waals surface area (Å²) >= 11 is 0. The highest BCUT2D eigenvalue weighted by Crippen LogP contribution is 2.28. The lowest BCUT2D eigenvalue weighted by molar-refractivity contribution is 0.0694. The van der Waals surface area contributed by atoms with Crippen LogP contribution in [0.3, 0.4) is 0 Å². The number of nitrogens with one attached hydrogen (secondary N) is 1. The van der Waals surface area contributed by atoms with E-state index in [0.717, 1.165) is 36.1 Å². The number of aromatic amines is 1. The maximum Gasteiger partial charge on any atom is 0.341 e. The Morgan fingerprint density at radius 2 is 1.96 bits per heavy atom. The van der Waals surface area contributed by atoms with Crippen molar-refractivity contribution in [2.45, 2.75) is 19.5 Å². The minimum absolute atomic E-state index is 0.193. The molecule has 0 fully saturated rings. The van der Waals surface area contributed by atoms with Gasteiger partial charge in [0.1, 0.15) is 5.56 Å². The molecule has 28 heavy (non-hydrogen) atoms. The quantitative estimate of drug-likeness (QED) is 0.579. The molecule has 6 nitrogen and oxygen atoms in total. The van der Waals surface area contributed by atoms with Crippen LogP contribution < -0.4 is 5.56 Å². The first-order valence-corrected chi connectivity index (χ1v) is 9.29. The fraction of sp³-hybridized carbons (Fsp3) is 0.182. The first-order chi connectivity index (χ1) is 13.6. The number of fused-ring (bicyclic) bond motifs is 4. The maximum atomic E-state index is 12.4. The number of rotatable bonds is 3. The minimum atomic E-state index is -1.19. The molecule has 0 saturated carbocycles. The lowest BCUT2D eigenvalue weighted by Crippen LogP contribution is -2.31. The molecule has 0 radical (unpaired) electrons. The van der Waals surface area contributed by atoms with E-state index in [0.29, 0.717) is 6.54 Å². The van der Waals surface area contributed by atoms with Gasteiger partial charge >= 0.3 is 5.97 Å². The number of aromatic nitrogens is 2. The summed E-state index contributed by atoms with van der Waals surface area (Å²) in [6.45, 7) is 2.24. The average Bonchev–Trinajstić information content (AvgIpc) is 3.07. The lowest BCUT2D eigenvalue weighted by Gasteiger charge is -2.27. The molecule has 0 aliphatic carbocycles. The van der Waals surface area contributed by atoms with Gasteiger partial charge < -0.3 is 10.1 Å². The van der Waals surface area contributed by atoms with Crippen LogP contribution in [-0.4, -0.2) is 31.9 Å². The number of carboxylic acid groups (broad SMARTS) is 1. The number of para-hydroxylation sites is 1. The van der Waals surface area contributed by atoms with Gasteiger partial charge in [0.05, 0.1) is 5.52 Å². The molecule has 0 spiro atoms. The third-order valence-corrected chi connectivity index (χ3v) is 5.54. The maximum absolute atomic E-state index is 12.4. The van der Waals surface area contributed by atoms with E-state index in [-0.39, 0.29) is 5.56 Å². The van der Waals surface area contributed by atoms with Gasteiger partial charge in [0.25, 0.3) is 5.56 Å². The standard InChI is InChI=1S/C22H19N3O3/c26-21-17(22(27)28)11-14(20-7-3-4-9-25(20)21)12-24-10-8-16-15-5-1-2-6-18(15)23-19(16)13-24/h1-7,9,11,23H,8,10,12-13H2,(H,27,28). The van der Waals surface area contributed by atoms with Crippen LogP contribution in [0.4, 0.5) is 0 Å². The summed E-state index contributed by atoms with van der Waals surface area (Å²) < 4.78 is 1.43. The van der Waals surface area contributed by atoms with Crippen LogP contribution in [0.5, 0.6) is 0 Å². The van der Waals surface area contributed by atoms with Gasteiger partial charge in [-0.25, -0.2) is 4.79 Å². The Morgan fingerprint density at radius 3 is 2.82 bits per heavy atom. The first-order valence-electron chi connectivity index (χ1n) is 9.29. The van der Waals surface area contributed by atoms with Gasteiger partial charge in [-0.05, 0) is 41.8 Å². The van der Waals surface area contributed by atoms with Crippen LogP contribution >= 0.6 is 0 Å².